The fraction of sp³-hybridized carbons (Fsp3) is 0.417. The number of carbonyl (C=O) groups is 1. The highest BCUT2D eigenvalue weighted by Crippen LogP contribution is 2.23. The van der Waals surface area contributed by atoms with Crippen molar-refractivity contribution in [3.63, 3.8) is 0 Å². The number of alkyl halides is 1. The number of hydrogen-bond acceptors (Lipinski definition) is 2. The molecule has 1 aromatic rings. The van der Waals surface area contributed by atoms with Gasteiger partial charge in [0.15, 0.2) is 0 Å². The number of benzene rings is 1. The van der Waals surface area contributed by atoms with Gasteiger partial charge in [0, 0.05) is 16.5 Å². The van der Waals surface area contributed by atoms with Gasteiger partial charge in [-0.3, -0.25) is 4.79 Å². The van der Waals surface area contributed by atoms with Crippen LogP contribution >= 0.6 is 23.4 Å². The molecule has 0 aliphatic rings. The van der Waals surface area contributed by atoms with Crippen molar-refractivity contribution in [1.82, 2.24) is 0 Å². The van der Waals surface area contributed by atoms with Gasteiger partial charge >= 0.3 is 0 Å². The third-order valence-corrected chi connectivity index (χ3v) is 3.67. The van der Waals surface area contributed by atoms with Gasteiger partial charge in [-0.1, -0.05) is 6.07 Å². The van der Waals surface area contributed by atoms with Gasteiger partial charge in [-0.25, -0.2) is 0 Å². The highest BCUT2D eigenvalue weighted by molar-refractivity contribution is 7.98. The van der Waals surface area contributed by atoms with E-state index in [0.717, 1.165) is 10.6 Å². The molecule has 0 aliphatic carbocycles. The molecule has 0 spiro atoms. The highest BCUT2D eigenvalue weighted by atomic mass is 35.5. The molecule has 0 unspecified atom stereocenters. The van der Waals surface area contributed by atoms with Crippen LogP contribution in [0.5, 0.6) is 0 Å². The van der Waals surface area contributed by atoms with Crippen LogP contribution in [0.25, 0.3) is 0 Å². The molecule has 0 aromatic heterocycles. The number of amides is 1. The van der Waals surface area contributed by atoms with E-state index in [1.807, 2.05) is 44.4 Å². The molecule has 0 saturated carbocycles. The van der Waals surface area contributed by atoms with E-state index >= 15 is 0 Å². The average molecular weight is 258 g/mol. The summed E-state index contributed by atoms with van der Waals surface area (Å²) in [6, 6.07) is 7.76. The minimum atomic E-state index is -0.545. The molecule has 0 aliphatic heterocycles. The number of nitrogens with one attached hydrogen (secondary N) is 1. The lowest BCUT2D eigenvalue weighted by Crippen LogP contribution is -2.32. The summed E-state index contributed by atoms with van der Waals surface area (Å²) in [6.45, 7) is 3.65. The molecule has 0 saturated heterocycles. The van der Waals surface area contributed by atoms with Gasteiger partial charge in [-0.05, 0) is 38.3 Å². The number of hydrogen-bond donors (Lipinski definition) is 1. The second-order valence-corrected chi connectivity index (χ2v) is 5.35. The van der Waals surface area contributed by atoms with Crippen LogP contribution in [-0.2, 0) is 4.79 Å². The minimum absolute atomic E-state index is 0.0549. The van der Waals surface area contributed by atoms with Crippen molar-refractivity contribution in [1.29, 1.82) is 0 Å². The molecule has 0 heterocycles. The molecule has 0 bridgehead atoms. The van der Waals surface area contributed by atoms with E-state index in [1.165, 1.54) is 0 Å². The molecule has 1 rings (SSSR count). The van der Waals surface area contributed by atoms with E-state index in [1.54, 1.807) is 11.8 Å². The van der Waals surface area contributed by atoms with Crippen LogP contribution in [0.1, 0.15) is 13.8 Å². The zero-order valence-corrected chi connectivity index (χ0v) is 11.3. The maximum Gasteiger partial charge on any atom is 0.231 e. The van der Waals surface area contributed by atoms with Gasteiger partial charge in [-0.15, -0.1) is 23.4 Å². The van der Waals surface area contributed by atoms with Gasteiger partial charge < -0.3 is 5.32 Å². The van der Waals surface area contributed by atoms with Crippen LogP contribution < -0.4 is 5.32 Å². The lowest BCUT2D eigenvalue weighted by atomic mass is 9.95. The quantitative estimate of drug-likeness (QED) is 0.660. The molecule has 0 radical (unpaired) electrons. The predicted octanol–water partition coefficient (Wildman–Crippen LogP) is 3.61. The van der Waals surface area contributed by atoms with Crippen molar-refractivity contribution in [2.75, 3.05) is 17.5 Å². The number of thioether (sulfide) groups is 1. The van der Waals surface area contributed by atoms with E-state index < -0.39 is 5.41 Å². The molecule has 0 fully saturated rings. The highest BCUT2D eigenvalue weighted by Gasteiger charge is 2.26. The number of halogens is 1. The Balaban J connectivity index is 2.77. The summed E-state index contributed by atoms with van der Waals surface area (Å²) in [5, 5.41) is 2.87. The van der Waals surface area contributed by atoms with Gasteiger partial charge in [0.2, 0.25) is 5.91 Å². The topological polar surface area (TPSA) is 29.1 Å². The second kappa shape index (κ2) is 5.60. The summed E-state index contributed by atoms with van der Waals surface area (Å²) in [6.07, 6.45) is 2.00. The fourth-order valence-electron chi connectivity index (χ4n) is 1.06. The summed E-state index contributed by atoms with van der Waals surface area (Å²) in [7, 11) is 0. The standard InChI is InChI=1S/C12H16ClNOS/c1-12(2,8-13)11(15)14-9-5-4-6-10(7-9)16-3/h4-7H,8H2,1-3H3,(H,14,15). The molecule has 1 aromatic carbocycles. The Bertz CT molecular complexity index is 379. The zero-order valence-electron chi connectivity index (χ0n) is 9.71. The van der Waals surface area contributed by atoms with Crippen LogP contribution in [0.3, 0.4) is 0 Å². The monoisotopic (exact) mass is 257 g/mol. The second-order valence-electron chi connectivity index (χ2n) is 4.20. The number of rotatable bonds is 4. The van der Waals surface area contributed by atoms with Gasteiger partial charge in [-0.2, -0.15) is 0 Å². The Kier molecular flexibility index (Phi) is 4.69. The van der Waals surface area contributed by atoms with Crippen molar-refractivity contribution in [2.24, 2.45) is 5.41 Å². The first-order chi connectivity index (χ1) is 7.49. The SMILES string of the molecule is CSc1cccc(NC(=O)C(C)(C)CCl)c1. The molecule has 4 heteroatoms. The predicted molar refractivity (Wildman–Crippen MR) is 71.4 cm³/mol. The van der Waals surface area contributed by atoms with Gasteiger partial charge in [0.1, 0.15) is 0 Å². The lowest BCUT2D eigenvalue weighted by Gasteiger charge is -2.20. The van der Waals surface area contributed by atoms with Gasteiger partial charge in [0.25, 0.3) is 0 Å². The van der Waals surface area contributed by atoms with Crippen molar-refractivity contribution >= 4 is 35.0 Å². The Hall–Kier alpha value is -0.670. The van der Waals surface area contributed by atoms with E-state index in [4.69, 9.17) is 11.6 Å². The van der Waals surface area contributed by atoms with Crippen LogP contribution in [0.2, 0.25) is 0 Å². The van der Waals surface area contributed by atoms with Crippen LogP contribution in [0, 0.1) is 5.41 Å². The van der Waals surface area contributed by atoms with E-state index in [0.29, 0.717) is 5.88 Å². The third kappa shape index (κ3) is 3.42. The summed E-state index contributed by atoms with van der Waals surface area (Å²) in [4.78, 5) is 13.0. The molecule has 0 atom stereocenters. The summed E-state index contributed by atoms with van der Waals surface area (Å²) in [5.74, 6) is 0.252. The maximum absolute atomic E-state index is 11.9. The Morgan fingerprint density at radius 3 is 2.75 bits per heavy atom. The minimum Gasteiger partial charge on any atom is -0.326 e. The first-order valence-corrected chi connectivity index (χ1v) is 6.77. The molecule has 1 amide bonds. The van der Waals surface area contributed by atoms with Crippen LogP contribution in [-0.4, -0.2) is 18.0 Å². The molecule has 16 heavy (non-hydrogen) atoms. The van der Waals surface area contributed by atoms with Crippen molar-refractivity contribution in [3.05, 3.63) is 24.3 Å². The molecule has 2 nitrogen and oxygen atoms in total. The lowest BCUT2D eigenvalue weighted by molar-refractivity contribution is -0.122. The van der Waals surface area contributed by atoms with Crippen molar-refractivity contribution in [3.8, 4) is 0 Å². The van der Waals surface area contributed by atoms with Crippen LogP contribution in [0.15, 0.2) is 29.2 Å². The maximum atomic E-state index is 11.9. The summed E-state index contributed by atoms with van der Waals surface area (Å²) < 4.78 is 0. The van der Waals surface area contributed by atoms with Crippen molar-refractivity contribution in [2.45, 2.75) is 18.7 Å². The van der Waals surface area contributed by atoms with Gasteiger partial charge in [0.05, 0.1) is 5.41 Å². The Morgan fingerprint density at radius 1 is 1.50 bits per heavy atom. The Labute approximate surface area is 106 Å². The van der Waals surface area contributed by atoms with E-state index in [2.05, 4.69) is 5.32 Å². The molecular formula is C12H16ClNOS. The van der Waals surface area contributed by atoms with Crippen LogP contribution in [0.4, 0.5) is 5.69 Å². The smallest absolute Gasteiger partial charge is 0.231 e. The first kappa shape index (κ1) is 13.4. The van der Waals surface area contributed by atoms with E-state index in [-0.39, 0.29) is 5.91 Å². The average Bonchev–Trinajstić information content (AvgIpc) is 2.29. The number of anilines is 1. The zero-order chi connectivity index (χ0) is 12.2. The Morgan fingerprint density at radius 2 is 2.19 bits per heavy atom. The largest absolute Gasteiger partial charge is 0.326 e. The number of carbonyl (C=O) groups excluding carboxylic acids is 1. The molecule has 1 N–H and O–H groups in total. The van der Waals surface area contributed by atoms with E-state index in [9.17, 15) is 4.79 Å². The summed E-state index contributed by atoms with van der Waals surface area (Å²) >= 11 is 7.39. The molecule has 88 valence electrons. The third-order valence-electron chi connectivity index (χ3n) is 2.28. The molecular weight excluding hydrogens is 242 g/mol. The normalized spacial score (nSPS) is 11.2. The first-order valence-electron chi connectivity index (χ1n) is 5.01. The summed E-state index contributed by atoms with van der Waals surface area (Å²) in [5.41, 5.74) is 0.270. The fourth-order valence-corrected chi connectivity index (χ4v) is 1.64. The van der Waals surface area contributed by atoms with Crippen molar-refractivity contribution < 1.29 is 4.79 Å².